The van der Waals surface area contributed by atoms with Crippen molar-refractivity contribution in [3.05, 3.63) is 60.7 Å². The molecule has 3 rings (SSSR count). The maximum absolute atomic E-state index is 13.8. The Bertz CT molecular complexity index is 971. The van der Waals surface area contributed by atoms with Crippen LogP contribution in [0.1, 0.15) is 20.8 Å². The van der Waals surface area contributed by atoms with E-state index >= 15 is 0 Å². The lowest BCUT2D eigenvalue weighted by molar-refractivity contribution is -0.178. The molecule has 30 heavy (non-hydrogen) atoms. The molecule has 0 amide bonds. The first-order chi connectivity index (χ1) is 14.1. The third-order valence-electron chi connectivity index (χ3n) is 5.57. The molecule has 2 aromatic carbocycles. The largest absolute Gasteiger partial charge is 0.468 e. The van der Waals surface area contributed by atoms with Gasteiger partial charge in [-0.15, -0.1) is 0 Å². The number of ether oxygens (including phenoxy) is 2. The molecular formula is C22H28ClNO4SSi. The molecule has 0 aliphatic carbocycles. The Kier molecular flexibility index (Phi) is 6.48. The van der Waals surface area contributed by atoms with Crippen LogP contribution in [-0.4, -0.2) is 44.5 Å². The summed E-state index contributed by atoms with van der Waals surface area (Å²) in [6.07, 6.45) is 0. The summed E-state index contributed by atoms with van der Waals surface area (Å²) in [6.45, 7) is 6.60. The smallest absolute Gasteiger partial charge is 0.317 e. The second kappa shape index (κ2) is 8.46. The number of carbonyl (C=O) groups excluding carboxylic acids is 1. The van der Waals surface area contributed by atoms with Gasteiger partial charge >= 0.3 is 5.97 Å². The highest BCUT2D eigenvalue weighted by Gasteiger charge is 2.53. The van der Waals surface area contributed by atoms with E-state index in [2.05, 4.69) is 20.8 Å². The third kappa shape index (κ3) is 4.21. The zero-order chi connectivity index (χ0) is 22.0. The summed E-state index contributed by atoms with van der Waals surface area (Å²) in [5, 5.41) is 1.71. The number of carbonyl (C=O) groups is 1. The van der Waals surface area contributed by atoms with E-state index in [1.165, 1.54) is 7.11 Å². The van der Waals surface area contributed by atoms with E-state index in [1.54, 1.807) is 0 Å². The van der Waals surface area contributed by atoms with Gasteiger partial charge in [-0.1, -0.05) is 81.4 Å². The molecule has 8 heteroatoms. The number of nitrogens with zero attached hydrogens (tertiary/aromatic N) is 1. The molecule has 0 radical (unpaired) electrons. The minimum absolute atomic E-state index is 0.0985. The zero-order valence-electron chi connectivity index (χ0n) is 17.8. The molecule has 1 unspecified atom stereocenters. The molecule has 5 nitrogen and oxygen atoms in total. The average Bonchev–Trinajstić information content (AvgIpc) is 2.69. The van der Waals surface area contributed by atoms with E-state index < -0.39 is 28.6 Å². The molecule has 2 aromatic rings. The monoisotopic (exact) mass is 465 g/mol. The highest BCUT2D eigenvalue weighted by Crippen LogP contribution is 2.40. The van der Waals surface area contributed by atoms with Crippen LogP contribution in [0.2, 0.25) is 5.04 Å². The lowest BCUT2D eigenvalue weighted by Gasteiger charge is -2.41. The van der Waals surface area contributed by atoms with E-state index in [1.807, 2.05) is 60.7 Å². The summed E-state index contributed by atoms with van der Waals surface area (Å²) in [7, 11) is 1.72. The lowest BCUT2D eigenvalue weighted by Crippen LogP contribution is -2.64. The highest BCUT2D eigenvalue weighted by molar-refractivity contribution is 8.16. The van der Waals surface area contributed by atoms with Crippen LogP contribution in [-0.2, 0) is 23.2 Å². The van der Waals surface area contributed by atoms with Crippen LogP contribution < -0.4 is 10.4 Å². The molecule has 1 aliphatic rings. The van der Waals surface area contributed by atoms with Gasteiger partial charge in [-0.2, -0.15) is 0 Å². The Morgan fingerprint density at radius 2 is 1.57 bits per heavy atom. The van der Waals surface area contributed by atoms with E-state index in [-0.39, 0.29) is 24.0 Å². The molecule has 1 fully saturated rings. The van der Waals surface area contributed by atoms with Gasteiger partial charge in [0.05, 0.1) is 26.1 Å². The molecule has 0 aromatic heterocycles. The molecule has 1 atom stereocenters. The standard InChI is InChI=1S/C22H28ClNO4SSi/c1-21(2,3)30(18-11-7-5-8-12-18,19-13-9-6-10-14-19)24-29(23,26)17-22(15-28-16-22)20(25)27-4/h5-14H,15-17H2,1-4H3. The minimum atomic E-state index is -3.26. The van der Waals surface area contributed by atoms with E-state index in [0.29, 0.717) is 0 Å². The van der Waals surface area contributed by atoms with Crippen LogP contribution in [0.5, 0.6) is 0 Å². The maximum Gasteiger partial charge on any atom is 0.317 e. The molecule has 0 bridgehead atoms. The fourth-order valence-corrected chi connectivity index (χ4v) is 13.8. The van der Waals surface area contributed by atoms with Crippen molar-refractivity contribution in [1.82, 2.24) is 0 Å². The normalized spacial score (nSPS) is 18.0. The van der Waals surface area contributed by atoms with Crippen molar-refractivity contribution >= 4 is 44.2 Å². The summed E-state index contributed by atoms with van der Waals surface area (Å²) in [5.41, 5.74) is -1.01. The fourth-order valence-electron chi connectivity index (χ4n) is 4.04. The van der Waals surface area contributed by atoms with Crippen LogP contribution in [0.15, 0.2) is 64.7 Å². The lowest BCUT2D eigenvalue weighted by atomic mass is 9.89. The first-order valence-electron chi connectivity index (χ1n) is 9.79. The SMILES string of the molecule is COC(=O)C1(CS(=O)(Cl)=N[Si](c2ccccc2)(c2ccccc2)C(C)(C)C)COC1. The van der Waals surface area contributed by atoms with E-state index in [4.69, 9.17) is 24.2 Å². The van der Waals surface area contributed by atoms with Crippen LogP contribution in [0.25, 0.3) is 0 Å². The molecule has 0 N–H and O–H groups in total. The van der Waals surface area contributed by atoms with Gasteiger partial charge in [-0.25, -0.2) is 4.21 Å². The van der Waals surface area contributed by atoms with Gasteiger partial charge < -0.3 is 9.47 Å². The van der Waals surface area contributed by atoms with Crippen molar-refractivity contribution in [1.29, 1.82) is 0 Å². The van der Waals surface area contributed by atoms with Gasteiger partial charge in [-0.3, -0.25) is 8.82 Å². The maximum atomic E-state index is 13.8. The molecular weight excluding hydrogens is 438 g/mol. The Labute approximate surface area is 184 Å². The topological polar surface area (TPSA) is 65.0 Å². The third-order valence-corrected chi connectivity index (χ3v) is 14.1. The van der Waals surface area contributed by atoms with Crippen molar-refractivity contribution in [2.75, 3.05) is 26.1 Å². The van der Waals surface area contributed by atoms with Gasteiger partial charge in [0.2, 0.25) is 0 Å². The number of esters is 1. The van der Waals surface area contributed by atoms with Gasteiger partial charge in [0, 0.05) is 0 Å². The summed E-state index contributed by atoms with van der Waals surface area (Å²) in [5.74, 6) is -0.557. The fraction of sp³-hybridized carbons (Fsp3) is 0.409. The van der Waals surface area contributed by atoms with Crippen molar-refractivity contribution in [2.24, 2.45) is 9.44 Å². The number of halogens is 1. The Morgan fingerprint density at radius 3 is 1.90 bits per heavy atom. The molecule has 1 aliphatic heterocycles. The highest BCUT2D eigenvalue weighted by atomic mass is 35.7. The average molecular weight is 466 g/mol. The number of hydrogen-bond donors (Lipinski definition) is 0. The van der Waals surface area contributed by atoms with E-state index in [0.717, 1.165) is 10.4 Å². The van der Waals surface area contributed by atoms with Gasteiger partial charge in [-0.05, 0) is 26.1 Å². The van der Waals surface area contributed by atoms with Gasteiger partial charge in [0.1, 0.15) is 14.4 Å². The number of methoxy groups -OCH3 is 1. The quantitative estimate of drug-likeness (QED) is 0.372. The van der Waals surface area contributed by atoms with E-state index in [9.17, 15) is 9.00 Å². The predicted octanol–water partition coefficient (Wildman–Crippen LogP) is 3.36. The zero-order valence-corrected chi connectivity index (χ0v) is 20.3. The number of benzene rings is 2. The van der Waals surface area contributed by atoms with Crippen LogP contribution in [0, 0.1) is 5.41 Å². The second-order valence-electron chi connectivity index (χ2n) is 8.76. The van der Waals surface area contributed by atoms with Gasteiger partial charge in [0.15, 0.2) is 0 Å². The summed E-state index contributed by atoms with van der Waals surface area (Å²) in [4.78, 5) is 12.4. The Hall–Kier alpha value is -1.67. The number of rotatable bonds is 6. The first-order valence-corrected chi connectivity index (χ1v) is 14.2. The van der Waals surface area contributed by atoms with Crippen molar-refractivity contribution in [3.63, 3.8) is 0 Å². The minimum Gasteiger partial charge on any atom is -0.468 e. The second-order valence-corrected chi connectivity index (χ2v) is 16.4. The molecule has 162 valence electrons. The molecule has 0 spiro atoms. The molecule has 0 saturated carbocycles. The number of hydrogen-bond acceptors (Lipinski definition) is 5. The molecule has 1 heterocycles. The van der Waals surface area contributed by atoms with Crippen LogP contribution >= 0.6 is 10.7 Å². The van der Waals surface area contributed by atoms with Gasteiger partial charge in [0.25, 0.3) is 8.24 Å². The summed E-state index contributed by atoms with van der Waals surface area (Å²) < 4.78 is 29.0. The van der Waals surface area contributed by atoms with Crippen molar-refractivity contribution < 1.29 is 18.5 Å². The summed E-state index contributed by atoms with van der Waals surface area (Å²) in [6, 6.07) is 19.9. The van der Waals surface area contributed by atoms with Crippen LogP contribution in [0.3, 0.4) is 0 Å². The Morgan fingerprint density at radius 1 is 1.10 bits per heavy atom. The van der Waals surface area contributed by atoms with Crippen LogP contribution in [0.4, 0.5) is 0 Å². The predicted molar refractivity (Wildman–Crippen MR) is 124 cm³/mol. The van der Waals surface area contributed by atoms with Crippen molar-refractivity contribution in [2.45, 2.75) is 25.8 Å². The Balaban J connectivity index is 2.25. The first kappa shape index (κ1) is 23.0. The van der Waals surface area contributed by atoms with Crippen molar-refractivity contribution in [3.8, 4) is 0 Å². The summed E-state index contributed by atoms with van der Waals surface area (Å²) >= 11 is 0. The molecule has 1 saturated heterocycles.